The monoisotopic (exact) mass is 544 g/mol. The summed E-state index contributed by atoms with van der Waals surface area (Å²) in [7, 11) is 1.55. The molecule has 1 atom stereocenters. The summed E-state index contributed by atoms with van der Waals surface area (Å²) in [6, 6.07) is 7.52. The molecule has 3 aromatic rings. The Morgan fingerprint density at radius 3 is 2.38 bits per heavy atom. The van der Waals surface area contributed by atoms with Gasteiger partial charge >= 0.3 is 0 Å². The Morgan fingerprint density at radius 2 is 1.77 bits per heavy atom. The molecule has 0 spiro atoms. The number of hydrogen-bond acceptors (Lipinski definition) is 6. The maximum absolute atomic E-state index is 14.9. The predicted molar refractivity (Wildman–Crippen MR) is 144 cm³/mol. The number of halogens is 3. The number of rotatable bonds is 8. The summed E-state index contributed by atoms with van der Waals surface area (Å²) in [5.41, 5.74) is 0.179. The molecule has 0 bridgehead atoms. The Kier molecular flexibility index (Phi) is 7.87. The molecule has 39 heavy (non-hydrogen) atoms. The van der Waals surface area contributed by atoms with Crippen molar-refractivity contribution in [3.63, 3.8) is 0 Å². The molecular weight excluding hydrogens is 509 g/mol. The average Bonchev–Trinajstić information content (AvgIpc) is 2.88. The minimum atomic E-state index is -2.92. The lowest BCUT2D eigenvalue weighted by atomic mass is 9.87. The standard InChI is InChI=1S/C29H35F3N4O3/c1-16(2)36-10-8-18(9-11-36)22-12-23-24(13-25(22)39-19-14-38-15-19)29(37)35(4)34-28(23)33-17(3)20-6-5-7-21(26(20)30)27(31)32/h5-7,12-13,16-19,27H,8-11,14-15H2,1-4H3,(H,33,34)/t17-/m1/s1. The molecule has 10 heteroatoms. The van der Waals surface area contributed by atoms with Crippen molar-refractivity contribution in [1.82, 2.24) is 14.7 Å². The van der Waals surface area contributed by atoms with E-state index in [4.69, 9.17) is 9.47 Å². The SMILES string of the molecule is CC(C)N1CCC(c2cc3c(N[C@H](C)c4cccc(C(F)F)c4F)nn(C)c(=O)c3cc2OC2COC2)CC1. The van der Waals surface area contributed by atoms with E-state index >= 15 is 0 Å². The van der Waals surface area contributed by atoms with E-state index in [1.54, 1.807) is 20.0 Å². The van der Waals surface area contributed by atoms with Gasteiger partial charge in [0, 0.05) is 24.0 Å². The second-order valence-electron chi connectivity index (χ2n) is 10.8. The molecule has 0 aliphatic carbocycles. The van der Waals surface area contributed by atoms with Crippen LogP contribution in [0.15, 0.2) is 35.1 Å². The Labute approximate surface area is 225 Å². The Bertz CT molecular complexity index is 1400. The van der Waals surface area contributed by atoms with Crippen LogP contribution in [0.25, 0.3) is 10.8 Å². The Morgan fingerprint density at radius 1 is 1.08 bits per heavy atom. The van der Waals surface area contributed by atoms with Crippen LogP contribution in [0.3, 0.4) is 0 Å². The van der Waals surface area contributed by atoms with Gasteiger partial charge in [-0.25, -0.2) is 17.9 Å². The van der Waals surface area contributed by atoms with Crippen molar-refractivity contribution in [2.75, 3.05) is 31.6 Å². The summed E-state index contributed by atoms with van der Waals surface area (Å²) in [5, 5.41) is 8.64. The maximum atomic E-state index is 14.9. The molecule has 7 nitrogen and oxygen atoms in total. The molecule has 210 valence electrons. The van der Waals surface area contributed by atoms with E-state index in [1.165, 1.54) is 16.8 Å². The zero-order chi connectivity index (χ0) is 27.8. The first-order valence-electron chi connectivity index (χ1n) is 13.5. The molecule has 0 saturated carbocycles. The molecule has 1 N–H and O–H groups in total. The van der Waals surface area contributed by atoms with E-state index in [0.717, 1.165) is 37.6 Å². The average molecular weight is 545 g/mol. The summed E-state index contributed by atoms with van der Waals surface area (Å²) >= 11 is 0. The molecular formula is C29H35F3N4O3. The summed E-state index contributed by atoms with van der Waals surface area (Å²) in [6.45, 7) is 9.01. The number of piperidine rings is 1. The highest BCUT2D eigenvalue weighted by molar-refractivity contribution is 5.93. The third-order valence-electron chi connectivity index (χ3n) is 7.89. The van der Waals surface area contributed by atoms with Gasteiger partial charge in [0.2, 0.25) is 0 Å². The largest absolute Gasteiger partial charge is 0.485 e. The van der Waals surface area contributed by atoms with Crippen molar-refractivity contribution in [2.45, 2.75) is 64.1 Å². The minimum absolute atomic E-state index is 0.0645. The minimum Gasteiger partial charge on any atom is -0.485 e. The van der Waals surface area contributed by atoms with Crippen molar-refractivity contribution in [2.24, 2.45) is 7.05 Å². The van der Waals surface area contributed by atoms with Crippen LogP contribution in [0.4, 0.5) is 19.0 Å². The molecule has 3 heterocycles. The number of fused-ring (bicyclic) bond motifs is 1. The quantitative estimate of drug-likeness (QED) is 0.401. The van der Waals surface area contributed by atoms with Crippen LogP contribution in [0.1, 0.15) is 68.7 Å². The van der Waals surface area contributed by atoms with E-state index in [2.05, 4.69) is 29.2 Å². The van der Waals surface area contributed by atoms with Gasteiger partial charge in [-0.2, -0.15) is 5.10 Å². The van der Waals surface area contributed by atoms with Crippen molar-refractivity contribution >= 4 is 16.6 Å². The molecule has 2 aliphatic heterocycles. The molecule has 0 radical (unpaired) electrons. The van der Waals surface area contributed by atoms with Gasteiger partial charge in [-0.3, -0.25) is 4.79 Å². The first-order valence-corrected chi connectivity index (χ1v) is 13.5. The highest BCUT2D eigenvalue weighted by atomic mass is 19.3. The summed E-state index contributed by atoms with van der Waals surface area (Å²) in [6.07, 6.45) is -1.09. The number of anilines is 1. The first kappa shape index (κ1) is 27.5. The second kappa shape index (κ2) is 11.2. The fraction of sp³-hybridized carbons (Fsp3) is 0.517. The normalized spacial score (nSPS) is 18.1. The highest BCUT2D eigenvalue weighted by Gasteiger charge is 2.29. The van der Waals surface area contributed by atoms with Gasteiger partial charge in [0.1, 0.15) is 17.7 Å². The van der Waals surface area contributed by atoms with Crippen LogP contribution in [0.5, 0.6) is 5.75 Å². The van der Waals surface area contributed by atoms with Crippen molar-refractivity contribution in [1.29, 1.82) is 0 Å². The van der Waals surface area contributed by atoms with Crippen LogP contribution >= 0.6 is 0 Å². The number of aromatic nitrogens is 2. The second-order valence-corrected chi connectivity index (χ2v) is 10.8. The number of benzene rings is 2. The number of hydrogen-bond donors (Lipinski definition) is 1. The number of likely N-dealkylation sites (tertiary alicyclic amines) is 1. The van der Waals surface area contributed by atoms with Gasteiger partial charge in [-0.15, -0.1) is 0 Å². The fourth-order valence-electron chi connectivity index (χ4n) is 5.46. The zero-order valence-electron chi connectivity index (χ0n) is 22.7. The van der Waals surface area contributed by atoms with Gasteiger partial charge in [0.05, 0.1) is 30.2 Å². The van der Waals surface area contributed by atoms with Crippen LogP contribution in [-0.4, -0.2) is 53.1 Å². The van der Waals surface area contributed by atoms with Gasteiger partial charge in [-0.1, -0.05) is 18.2 Å². The number of nitrogens with one attached hydrogen (secondary N) is 1. The van der Waals surface area contributed by atoms with Gasteiger partial charge < -0.3 is 19.7 Å². The first-order chi connectivity index (χ1) is 18.6. The Balaban J connectivity index is 1.56. The third kappa shape index (κ3) is 5.49. The fourth-order valence-corrected chi connectivity index (χ4v) is 5.46. The molecule has 2 aliphatic rings. The summed E-state index contributed by atoms with van der Waals surface area (Å²) in [4.78, 5) is 15.6. The van der Waals surface area contributed by atoms with Crippen LogP contribution in [0.2, 0.25) is 0 Å². The lowest BCUT2D eigenvalue weighted by Gasteiger charge is -2.36. The lowest BCUT2D eigenvalue weighted by molar-refractivity contribution is -0.0801. The number of alkyl halides is 2. The lowest BCUT2D eigenvalue weighted by Crippen LogP contribution is -2.39. The van der Waals surface area contributed by atoms with Crippen LogP contribution in [0, 0.1) is 5.82 Å². The zero-order valence-corrected chi connectivity index (χ0v) is 22.7. The van der Waals surface area contributed by atoms with Crippen LogP contribution < -0.4 is 15.6 Å². The molecule has 5 rings (SSSR count). The van der Waals surface area contributed by atoms with Crippen molar-refractivity contribution < 1.29 is 22.6 Å². The molecule has 0 unspecified atom stereocenters. The molecule has 2 saturated heterocycles. The Hall–Kier alpha value is -3.11. The summed E-state index contributed by atoms with van der Waals surface area (Å²) < 4.78 is 54.4. The van der Waals surface area contributed by atoms with E-state index in [-0.39, 0.29) is 23.1 Å². The van der Waals surface area contributed by atoms with Gasteiger partial charge in [-0.05, 0) is 70.3 Å². The maximum Gasteiger partial charge on any atom is 0.274 e. The van der Waals surface area contributed by atoms with E-state index in [9.17, 15) is 18.0 Å². The van der Waals surface area contributed by atoms with Crippen molar-refractivity contribution in [3.05, 3.63) is 63.2 Å². The number of ether oxygens (including phenoxy) is 2. The number of aryl methyl sites for hydroxylation is 1. The molecule has 2 fully saturated rings. The van der Waals surface area contributed by atoms with Gasteiger partial charge in [0.15, 0.2) is 5.82 Å². The van der Waals surface area contributed by atoms with Crippen molar-refractivity contribution in [3.8, 4) is 5.75 Å². The predicted octanol–water partition coefficient (Wildman–Crippen LogP) is 5.55. The molecule has 2 aromatic carbocycles. The van der Waals surface area contributed by atoms with E-state index in [0.29, 0.717) is 41.6 Å². The number of nitrogens with zero attached hydrogens (tertiary/aromatic N) is 3. The van der Waals surface area contributed by atoms with Crippen LogP contribution in [-0.2, 0) is 11.8 Å². The third-order valence-corrected chi connectivity index (χ3v) is 7.89. The molecule has 1 aromatic heterocycles. The van der Waals surface area contributed by atoms with E-state index in [1.807, 2.05) is 6.07 Å². The van der Waals surface area contributed by atoms with E-state index < -0.39 is 23.8 Å². The molecule has 0 amide bonds. The smallest absolute Gasteiger partial charge is 0.274 e. The highest BCUT2D eigenvalue weighted by Crippen LogP contribution is 2.39. The topological polar surface area (TPSA) is 68.6 Å². The van der Waals surface area contributed by atoms with Gasteiger partial charge in [0.25, 0.3) is 12.0 Å². The summed E-state index contributed by atoms with van der Waals surface area (Å²) in [5.74, 6) is 0.338.